The highest BCUT2D eigenvalue weighted by Crippen LogP contribution is 2.48. The topological polar surface area (TPSA) is 115 Å². The minimum absolute atomic E-state index is 0.0365. The van der Waals surface area contributed by atoms with Gasteiger partial charge in [0.15, 0.2) is 11.5 Å². The second kappa shape index (κ2) is 6.46. The van der Waals surface area contributed by atoms with Gasteiger partial charge >= 0.3 is 5.97 Å². The van der Waals surface area contributed by atoms with Crippen LogP contribution in [0.1, 0.15) is 12.8 Å². The lowest BCUT2D eigenvalue weighted by molar-refractivity contribution is -0.148. The van der Waals surface area contributed by atoms with Crippen LogP contribution in [0, 0.1) is 5.82 Å². The maximum Gasteiger partial charge on any atom is 0.353 e. The van der Waals surface area contributed by atoms with Gasteiger partial charge in [0.1, 0.15) is 11.6 Å². The van der Waals surface area contributed by atoms with Crippen molar-refractivity contribution in [2.24, 2.45) is 0 Å². The fourth-order valence-electron chi connectivity index (χ4n) is 4.17. The molecule has 1 amide bonds. The number of carboxylic acids is 1. The van der Waals surface area contributed by atoms with Crippen LogP contribution in [0.4, 0.5) is 10.1 Å². The maximum absolute atomic E-state index is 14.0. The Morgan fingerprint density at radius 3 is 2.61 bits per heavy atom. The molecule has 0 radical (unpaired) electrons. The minimum Gasteiger partial charge on any atom is -0.497 e. The van der Waals surface area contributed by atoms with Crippen LogP contribution < -0.4 is 15.2 Å². The lowest BCUT2D eigenvalue weighted by atomic mass is 10.00. The van der Waals surface area contributed by atoms with Gasteiger partial charge in [0.05, 0.1) is 12.8 Å². The van der Waals surface area contributed by atoms with E-state index in [-0.39, 0.29) is 35.6 Å². The van der Waals surface area contributed by atoms with E-state index in [2.05, 4.69) is 10.1 Å². The standard InChI is InChI=1S/C21H15FN4O5/c1-31-13-5-2-11(3-6-13)17-19(28)23-18-14-7-4-12(22)10-15(14)25-16(27)8-9-21(25,20(29)30)26(18)24-17/h2-7,10H,8-9H2,1H3,(H,29,30). The fraction of sp³-hybridized carbons (Fsp3) is 0.190. The minimum atomic E-state index is -1.95. The highest BCUT2D eigenvalue weighted by Gasteiger charge is 2.58. The molecule has 5 rings (SSSR count). The molecule has 1 fully saturated rings. The number of aliphatic carboxylic acids is 1. The average Bonchev–Trinajstić information content (AvgIpc) is 3.12. The molecule has 2 aliphatic rings. The summed E-state index contributed by atoms with van der Waals surface area (Å²) < 4.78 is 20.2. The number of fused-ring (bicyclic) bond motifs is 6. The number of aromatic nitrogens is 3. The Morgan fingerprint density at radius 2 is 1.94 bits per heavy atom. The first-order valence-electron chi connectivity index (χ1n) is 9.39. The Morgan fingerprint density at radius 1 is 1.19 bits per heavy atom. The number of benzene rings is 2. The quantitative estimate of drug-likeness (QED) is 0.687. The van der Waals surface area contributed by atoms with E-state index in [4.69, 9.17) is 4.74 Å². The van der Waals surface area contributed by atoms with Gasteiger partial charge < -0.3 is 9.84 Å². The van der Waals surface area contributed by atoms with Crippen LogP contribution in [0.25, 0.3) is 22.6 Å². The van der Waals surface area contributed by atoms with Gasteiger partial charge in [-0.2, -0.15) is 10.1 Å². The third-order valence-electron chi connectivity index (χ3n) is 5.62. The van der Waals surface area contributed by atoms with E-state index in [1.54, 1.807) is 24.3 Å². The number of halogens is 1. The normalized spacial score (nSPS) is 18.9. The third-order valence-corrected chi connectivity index (χ3v) is 5.62. The molecular formula is C21H15FN4O5. The third kappa shape index (κ3) is 2.51. The summed E-state index contributed by atoms with van der Waals surface area (Å²) in [5, 5.41) is 14.5. The van der Waals surface area contributed by atoms with E-state index in [0.29, 0.717) is 11.3 Å². The first-order valence-corrected chi connectivity index (χ1v) is 9.39. The average molecular weight is 422 g/mol. The molecule has 1 unspecified atom stereocenters. The Hall–Kier alpha value is -4.08. The van der Waals surface area contributed by atoms with Gasteiger partial charge in [0, 0.05) is 24.0 Å². The maximum atomic E-state index is 14.0. The summed E-state index contributed by atoms with van der Waals surface area (Å²) in [6.45, 7) is 0. The molecule has 3 heterocycles. The summed E-state index contributed by atoms with van der Waals surface area (Å²) in [5.74, 6) is -1.94. The van der Waals surface area contributed by atoms with Crippen molar-refractivity contribution in [3.63, 3.8) is 0 Å². The molecule has 3 aromatic rings. The molecule has 1 saturated heterocycles. The van der Waals surface area contributed by atoms with Crippen LogP contribution in [0.5, 0.6) is 5.75 Å². The van der Waals surface area contributed by atoms with Gasteiger partial charge in [0.2, 0.25) is 11.6 Å². The summed E-state index contributed by atoms with van der Waals surface area (Å²) in [6.07, 6.45) is -0.183. The highest BCUT2D eigenvalue weighted by atomic mass is 19.1. The number of carboxylic acid groups (broad SMARTS) is 1. The zero-order chi connectivity index (χ0) is 21.9. The summed E-state index contributed by atoms with van der Waals surface area (Å²) in [5.41, 5.74) is -1.98. The molecule has 9 nitrogen and oxygen atoms in total. The van der Waals surface area contributed by atoms with Gasteiger partial charge in [-0.3, -0.25) is 14.5 Å². The Labute approximate surface area is 174 Å². The molecule has 10 heteroatoms. The predicted molar refractivity (Wildman–Crippen MR) is 106 cm³/mol. The molecule has 1 aromatic heterocycles. The molecule has 0 aliphatic carbocycles. The SMILES string of the molecule is COc1ccc(-c2nn3c(nc2=O)-c2ccc(F)cc2N2C(=O)CCC23C(=O)O)cc1. The number of ether oxygens (including phenoxy) is 1. The van der Waals surface area contributed by atoms with Crippen LogP contribution in [0.15, 0.2) is 47.3 Å². The molecule has 0 bridgehead atoms. The second-order valence-corrected chi connectivity index (χ2v) is 7.24. The molecule has 0 saturated carbocycles. The lowest BCUT2D eigenvalue weighted by Crippen LogP contribution is -2.58. The molecule has 1 atom stereocenters. The van der Waals surface area contributed by atoms with E-state index in [1.165, 1.54) is 13.2 Å². The molecule has 1 N–H and O–H groups in total. The van der Waals surface area contributed by atoms with Gasteiger partial charge in [0.25, 0.3) is 5.56 Å². The molecule has 0 spiro atoms. The lowest BCUT2D eigenvalue weighted by Gasteiger charge is -2.41. The molecule has 2 aromatic carbocycles. The predicted octanol–water partition coefficient (Wildman–Crippen LogP) is 2.00. The highest BCUT2D eigenvalue weighted by molar-refractivity contribution is 6.07. The summed E-state index contributed by atoms with van der Waals surface area (Å²) in [4.78, 5) is 43.2. The summed E-state index contributed by atoms with van der Waals surface area (Å²) in [7, 11) is 1.51. The fourth-order valence-corrected chi connectivity index (χ4v) is 4.17. The summed E-state index contributed by atoms with van der Waals surface area (Å²) in [6, 6.07) is 10.1. The van der Waals surface area contributed by atoms with Gasteiger partial charge in [-0.1, -0.05) is 0 Å². The van der Waals surface area contributed by atoms with Crippen LogP contribution in [-0.4, -0.2) is 38.9 Å². The van der Waals surface area contributed by atoms with Crippen molar-refractivity contribution < 1.29 is 23.8 Å². The zero-order valence-electron chi connectivity index (χ0n) is 16.2. The van der Waals surface area contributed by atoms with Crippen molar-refractivity contribution in [1.82, 2.24) is 14.8 Å². The molecule has 156 valence electrons. The smallest absolute Gasteiger partial charge is 0.353 e. The van der Waals surface area contributed by atoms with Gasteiger partial charge in [-0.25, -0.2) is 13.9 Å². The Balaban J connectivity index is 1.83. The Kier molecular flexibility index (Phi) is 3.94. The van der Waals surface area contributed by atoms with Crippen LogP contribution in [-0.2, 0) is 15.3 Å². The first-order chi connectivity index (χ1) is 14.9. The number of nitrogens with zero attached hydrogens (tertiary/aromatic N) is 4. The largest absolute Gasteiger partial charge is 0.497 e. The van der Waals surface area contributed by atoms with Crippen molar-refractivity contribution >= 4 is 17.6 Å². The second-order valence-electron chi connectivity index (χ2n) is 7.24. The number of methoxy groups -OCH3 is 1. The van der Waals surface area contributed by atoms with Crippen LogP contribution in [0.2, 0.25) is 0 Å². The van der Waals surface area contributed by atoms with E-state index in [0.717, 1.165) is 21.7 Å². The first kappa shape index (κ1) is 18.9. The number of carbonyl (C=O) groups excluding carboxylic acids is 1. The van der Waals surface area contributed by atoms with Crippen LogP contribution >= 0.6 is 0 Å². The zero-order valence-corrected chi connectivity index (χ0v) is 16.2. The van der Waals surface area contributed by atoms with E-state index in [1.807, 2.05) is 0 Å². The molecular weight excluding hydrogens is 407 g/mol. The number of rotatable bonds is 3. The van der Waals surface area contributed by atoms with Crippen molar-refractivity contribution in [1.29, 1.82) is 0 Å². The van der Waals surface area contributed by atoms with E-state index in [9.17, 15) is 23.9 Å². The van der Waals surface area contributed by atoms with Crippen molar-refractivity contribution in [3.05, 3.63) is 58.6 Å². The number of anilines is 1. The van der Waals surface area contributed by atoms with Crippen molar-refractivity contribution in [2.75, 3.05) is 12.0 Å². The molecule has 31 heavy (non-hydrogen) atoms. The van der Waals surface area contributed by atoms with E-state index >= 15 is 0 Å². The summed E-state index contributed by atoms with van der Waals surface area (Å²) >= 11 is 0. The van der Waals surface area contributed by atoms with Gasteiger partial charge in [-0.15, -0.1) is 0 Å². The number of hydrogen-bond acceptors (Lipinski definition) is 6. The van der Waals surface area contributed by atoms with Crippen LogP contribution in [0.3, 0.4) is 0 Å². The number of hydrogen-bond donors (Lipinski definition) is 1. The van der Waals surface area contributed by atoms with Crippen molar-refractivity contribution in [2.45, 2.75) is 18.5 Å². The van der Waals surface area contributed by atoms with Gasteiger partial charge in [-0.05, 0) is 42.5 Å². The molecule has 2 aliphatic heterocycles. The number of carbonyl (C=O) groups is 2. The van der Waals surface area contributed by atoms with E-state index < -0.39 is 28.9 Å². The monoisotopic (exact) mass is 422 g/mol. The Bertz CT molecular complexity index is 1320. The number of amides is 1. The van der Waals surface area contributed by atoms with Crippen molar-refractivity contribution in [3.8, 4) is 28.4 Å².